The number of aromatic nitrogens is 1. The number of rotatable bonds is 21. The molecule has 0 radical (unpaired) electrons. The molecule has 1 aromatic heterocycles. The number of carbonyl (C=O) groups excluding carboxylic acids is 6. The molecule has 17 heteroatoms. The van der Waals surface area contributed by atoms with Crippen LogP contribution in [0.25, 0.3) is 11.3 Å². The standard InChI is InChI=1S/C51H68N8O9/c1-50(2,3)43(55-48(64)66-9)45(61)54-39(29-34-19-13-11-14-20-34)41(68-42(60)33-58(8)47(63)40(52-7)30-35-21-15-12-16-22-35)32-59(57-46(62)44(51(4,5)6)56-49(65)67-10)31-36-24-26-37(27-25-36)38-23-17-18-28-53-38/h11-28,39-41,43-44,52H,29-33H2,1-10H3,(H,54,61)(H,55,64)(H,56,65)(H,57,62)/t39-,40-,41-,43+,44+/m0/s1. The smallest absolute Gasteiger partial charge is 0.407 e. The van der Waals surface area contributed by atoms with Crippen molar-refractivity contribution in [3.63, 3.8) is 0 Å². The number of hydrogen-bond acceptors (Lipinski definition) is 12. The van der Waals surface area contributed by atoms with Gasteiger partial charge in [0.2, 0.25) is 11.8 Å². The summed E-state index contributed by atoms with van der Waals surface area (Å²) < 4.78 is 16.1. The Hall–Kier alpha value is -6.85. The Kier molecular flexibility index (Phi) is 20.0. The van der Waals surface area contributed by atoms with Gasteiger partial charge in [-0.05, 0) is 59.5 Å². The molecular weight excluding hydrogens is 869 g/mol. The Labute approximate surface area is 400 Å². The van der Waals surface area contributed by atoms with Gasteiger partial charge in [0.05, 0.1) is 38.5 Å². The lowest BCUT2D eigenvalue weighted by Gasteiger charge is -2.37. The van der Waals surface area contributed by atoms with Gasteiger partial charge in [-0.2, -0.15) is 0 Å². The van der Waals surface area contributed by atoms with E-state index in [0.29, 0.717) is 6.42 Å². The van der Waals surface area contributed by atoms with Crippen LogP contribution in [0.2, 0.25) is 0 Å². The summed E-state index contributed by atoms with van der Waals surface area (Å²) in [4.78, 5) is 87.9. The second kappa shape index (κ2) is 25.3. The molecule has 0 aliphatic carbocycles. The summed E-state index contributed by atoms with van der Waals surface area (Å²) in [6, 6.07) is 28.0. The number of carbonyl (C=O) groups is 6. The number of benzene rings is 3. The zero-order valence-electron chi connectivity index (χ0n) is 40.8. The molecule has 4 rings (SSSR count). The average Bonchev–Trinajstić information content (AvgIpc) is 3.31. The number of nitrogens with one attached hydrogen (secondary N) is 5. The molecule has 5 N–H and O–H groups in total. The van der Waals surface area contributed by atoms with Crippen molar-refractivity contribution in [2.45, 2.75) is 91.2 Å². The van der Waals surface area contributed by atoms with E-state index >= 15 is 0 Å². The molecule has 0 spiro atoms. The molecule has 68 heavy (non-hydrogen) atoms. The number of nitrogens with zero attached hydrogens (tertiary/aromatic N) is 3. The van der Waals surface area contributed by atoms with Crippen LogP contribution in [0.15, 0.2) is 109 Å². The molecule has 0 bridgehead atoms. The molecule has 1 heterocycles. The van der Waals surface area contributed by atoms with E-state index < -0.39 is 77.6 Å². The van der Waals surface area contributed by atoms with E-state index in [9.17, 15) is 28.8 Å². The first kappa shape index (κ1) is 53.8. The van der Waals surface area contributed by atoms with Gasteiger partial charge >= 0.3 is 18.2 Å². The van der Waals surface area contributed by atoms with Crippen molar-refractivity contribution in [1.82, 2.24) is 41.6 Å². The maximum absolute atomic E-state index is 14.5. The van der Waals surface area contributed by atoms with Crippen molar-refractivity contribution in [3.05, 3.63) is 126 Å². The average molecular weight is 937 g/mol. The van der Waals surface area contributed by atoms with Crippen LogP contribution >= 0.6 is 0 Å². The first-order valence-corrected chi connectivity index (χ1v) is 22.5. The number of hydrazine groups is 1. The van der Waals surface area contributed by atoms with Gasteiger partial charge in [0.15, 0.2) is 0 Å². The molecule has 366 valence electrons. The van der Waals surface area contributed by atoms with Crippen molar-refractivity contribution in [3.8, 4) is 11.3 Å². The van der Waals surface area contributed by atoms with Gasteiger partial charge in [-0.25, -0.2) is 14.6 Å². The fourth-order valence-electron chi connectivity index (χ4n) is 7.39. The minimum atomic E-state index is -1.23. The molecule has 0 aliphatic heterocycles. The van der Waals surface area contributed by atoms with Crippen molar-refractivity contribution in [2.24, 2.45) is 10.8 Å². The third-order valence-electron chi connectivity index (χ3n) is 11.1. The van der Waals surface area contributed by atoms with Crippen LogP contribution in [-0.2, 0) is 52.8 Å². The second-order valence-corrected chi connectivity index (χ2v) is 18.7. The van der Waals surface area contributed by atoms with E-state index in [0.717, 1.165) is 27.9 Å². The van der Waals surface area contributed by atoms with Crippen LogP contribution in [0.4, 0.5) is 9.59 Å². The summed E-state index contributed by atoms with van der Waals surface area (Å²) >= 11 is 0. The number of alkyl carbamates (subject to hydrolysis) is 2. The number of pyridine rings is 1. The Morgan fingerprint density at radius 1 is 0.647 bits per heavy atom. The normalized spacial score (nSPS) is 13.7. The van der Waals surface area contributed by atoms with E-state index in [4.69, 9.17) is 14.2 Å². The molecule has 0 saturated carbocycles. The minimum Gasteiger partial charge on any atom is -0.457 e. The van der Waals surface area contributed by atoms with Gasteiger partial charge in [0, 0.05) is 25.4 Å². The highest BCUT2D eigenvalue weighted by atomic mass is 16.6. The van der Waals surface area contributed by atoms with Crippen LogP contribution in [0, 0.1) is 10.8 Å². The van der Waals surface area contributed by atoms with Crippen LogP contribution in [0.1, 0.15) is 58.2 Å². The van der Waals surface area contributed by atoms with Gasteiger partial charge in [-0.3, -0.25) is 29.6 Å². The van der Waals surface area contributed by atoms with Gasteiger partial charge < -0.3 is 40.4 Å². The van der Waals surface area contributed by atoms with Crippen molar-refractivity contribution >= 4 is 35.9 Å². The van der Waals surface area contributed by atoms with Crippen LogP contribution in [-0.4, -0.2) is 122 Å². The SMILES string of the molecule is CN[C@@H](Cc1ccccc1)C(=O)N(C)CC(=O)O[C@@H](CN(Cc1ccc(-c2ccccn2)cc1)NC(=O)[C@@H](NC(=O)OC)C(C)(C)C)[C@H](Cc1ccccc1)NC(=O)[C@@H](NC(=O)OC)C(C)(C)C. The maximum Gasteiger partial charge on any atom is 0.407 e. The van der Waals surface area contributed by atoms with Crippen molar-refractivity contribution in [2.75, 3.05) is 41.4 Å². The highest BCUT2D eigenvalue weighted by Crippen LogP contribution is 2.24. The fourth-order valence-corrected chi connectivity index (χ4v) is 7.39. The molecule has 17 nitrogen and oxygen atoms in total. The topological polar surface area (TPSA) is 210 Å². The first-order valence-electron chi connectivity index (χ1n) is 22.5. The molecule has 0 fully saturated rings. The number of methoxy groups -OCH3 is 2. The second-order valence-electron chi connectivity index (χ2n) is 18.7. The lowest BCUT2D eigenvalue weighted by molar-refractivity contribution is -0.157. The maximum atomic E-state index is 14.5. The number of amides is 5. The Morgan fingerprint density at radius 2 is 1.18 bits per heavy atom. The van der Waals surface area contributed by atoms with E-state index in [2.05, 4.69) is 31.7 Å². The number of ether oxygens (including phenoxy) is 3. The predicted molar refractivity (Wildman–Crippen MR) is 258 cm³/mol. The molecule has 0 aliphatic rings. The summed E-state index contributed by atoms with van der Waals surface area (Å²) in [6.07, 6.45) is -0.663. The number of esters is 1. The minimum absolute atomic E-state index is 0.0552. The van der Waals surface area contributed by atoms with Gasteiger partial charge in [-0.1, -0.05) is 133 Å². The molecule has 5 amide bonds. The van der Waals surface area contributed by atoms with Crippen molar-refractivity contribution in [1.29, 1.82) is 0 Å². The number of likely N-dealkylation sites (N-methyl/N-ethyl adjacent to an activating group) is 2. The lowest BCUT2D eigenvalue weighted by Crippen LogP contribution is -2.61. The van der Waals surface area contributed by atoms with Crippen LogP contribution in [0.3, 0.4) is 0 Å². The van der Waals surface area contributed by atoms with Crippen LogP contribution < -0.4 is 26.7 Å². The molecule has 5 atom stereocenters. The first-order chi connectivity index (χ1) is 32.2. The lowest BCUT2D eigenvalue weighted by atomic mass is 9.85. The van der Waals surface area contributed by atoms with E-state index in [1.807, 2.05) is 103 Å². The molecule has 0 unspecified atom stereocenters. The molecule has 3 aromatic carbocycles. The Bertz CT molecular complexity index is 2250. The largest absolute Gasteiger partial charge is 0.457 e. The molecule has 4 aromatic rings. The zero-order valence-corrected chi connectivity index (χ0v) is 40.8. The summed E-state index contributed by atoms with van der Waals surface area (Å²) in [7, 11) is 5.57. The number of hydrogen-bond donors (Lipinski definition) is 5. The third-order valence-corrected chi connectivity index (χ3v) is 11.1. The molecule has 0 saturated heterocycles. The monoisotopic (exact) mass is 937 g/mol. The van der Waals surface area contributed by atoms with E-state index in [1.54, 1.807) is 59.8 Å². The quantitative estimate of drug-likeness (QED) is 0.0423. The Balaban J connectivity index is 1.81. The van der Waals surface area contributed by atoms with E-state index in [-0.39, 0.29) is 25.4 Å². The van der Waals surface area contributed by atoms with Gasteiger partial charge in [-0.15, -0.1) is 0 Å². The fraction of sp³-hybridized carbons (Fsp3) is 0.431. The van der Waals surface area contributed by atoms with Crippen LogP contribution in [0.5, 0.6) is 0 Å². The van der Waals surface area contributed by atoms with E-state index in [1.165, 1.54) is 26.2 Å². The highest BCUT2D eigenvalue weighted by Gasteiger charge is 2.39. The summed E-state index contributed by atoms with van der Waals surface area (Å²) in [5, 5.41) is 13.0. The van der Waals surface area contributed by atoms with Crippen molar-refractivity contribution < 1.29 is 43.0 Å². The summed E-state index contributed by atoms with van der Waals surface area (Å²) in [6.45, 7) is 10.1. The predicted octanol–water partition coefficient (Wildman–Crippen LogP) is 5.05. The third kappa shape index (κ3) is 16.8. The molecular formula is C51H68N8O9. The summed E-state index contributed by atoms with van der Waals surface area (Å²) in [5.74, 6) is -2.33. The Morgan fingerprint density at radius 3 is 1.68 bits per heavy atom. The highest BCUT2D eigenvalue weighted by molar-refractivity contribution is 5.88. The summed E-state index contributed by atoms with van der Waals surface area (Å²) in [5.41, 5.74) is 5.41. The van der Waals surface area contributed by atoms with Gasteiger partial charge in [0.25, 0.3) is 5.91 Å². The van der Waals surface area contributed by atoms with Gasteiger partial charge in [0.1, 0.15) is 24.7 Å². The zero-order chi connectivity index (χ0) is 50.0.